The Kier molecular flexibility index (Phi) is 4.28. The maximum absolute atomic E-state index is 11.4. The Morgan fingerprint density at radius 2 is 2.00 bits per heavy atom. The van der Waals surface area contributed by atoms with E-state index in [4.69, 9.17) is 10.5 Å². The fourth-order valence-electron chi connectivity index (χ4n) is 2.90. The summed E-state index contributed by atoms with van der Waals surface area (Å²) in [5, 5.41) is 2.56. The normalized spacial score (nSPS) is 25.7. The molecule has 0 aromatic rings. The van der Waals surface area contributed by atoms with Crippen molar-refractivity contribution in [1.29, 1.82) is 0 Å². The summed E-state index contributed by atoms with van der Waals surface area (Å²) in [6.45, 7) is 2.63. The minimum Gasteiger partial charge on any atom is -0.376 e. The van der Waals surface area contributed by atoms with E-state index in [2.05, 4.69) is 5.32 Å². The Labute approximate surface area is 110 Å². The highest BCUT2D eigenvalue weighted by molar-refractivity contribution is 5.81. The van der Waals surface area contributed by atoms with Crippen LogP contribution < -0.4 is 11.1 Å². The van der Waals surface area contributed by atoms with Gasteiger partial charge in [0.1, 0.15) is 6.04 Å². The topological polar surface area (TPSA) is 64.4 Å². The molecule has 2 saturated carbocycles. The molecule has 1 spiro atoms. The number of amides is 1. The van der Waals surface area contributed by atoms with Gasteiger partial charge in [-0.15, -0.1) is 0 Å². The van der Waals surface area contributed by atoms with E-state index in [0.29, 0.717) is 5.92 Å². The van der Waals surface area contributed by atoms with Crippen LogP contribution in [0, 0.1) is 11.3 Å². The van der Waals surface area contributed by atoms with E-state index in [-0.39, 0.29) is 12.0 Å². The molecule has 0 aromatic heterocycles. The summed E-state index contributed by atoms with van der Waals surface area (Å²) < 4.78 is 5.77. The molecule has 0 unspecified atom stereocenters. The van der Waals surface area contributed by atoms with Gasteiger partial charge in [0, 0.05) is 13.7 Å². The van der Waals surface area contributed by atoms with Crippen molar-refractivity contribution in [2.24, 2.45) is 17.1 Å². The number of ether oxygens (including phenoxy) is 1. The average Bonchev–Trinajstić information content (AvgIpc) is 3.15. The van der Waals surface area contributed by atoms with Crippen molar-refractivity contribution in [3.8, 4) is 0 Å². The molecule has 3 N–H and O–H groups in total. The Bertz CT molecular complexity index is 292. The van der Waals surface area contributed by atoms with Gasteiger partial charge in [-0.05, 0) is 56.8 Å². The van der Waals surface area contributed by atoms with E-state index in [0.717, 1.165) is 12.0 Å². The zero-order chi connectivity index (χ0) is 13.2. The molecule has 0 bridgehead atoms. The van der Waals surface area contributed by atoms with E-state index in [9.17, 15) is 4.79 Å². The summed E-state index contributed by atoms with van der Waals surface area (Å²) in [4.78, 5) is 11.4. The van der Waals surface area contributed by atoms with Gasteiger partial charge in [-0.2, -0.15) is 0 Å². The van der Waals surface area contributed by atoms with Crippen LogP contribution in [0.15, 0.2) is 0 Å². The third-order valence-electron chi connectivity index (χ3n) is 4.77. The molecular weight excluding hydrogens is 228 g/mol. The van der Waals surface area contributed by atoms with Gasteiger partial charge in [0.2, 0.25) is 5.91 Å². The van der Waals surface area contributed by atoms with E-state index in [1.165, 1.54) is 38.5 Å². The van der Waals surface area contributed by atoms with Gasteiger partial charge in [0.05, 0.1) is 6.10 Å². The van der Waals surface area contributed by atoms with E-state index in [1.54, 1.807) is 7.05 Å². The summed E-state index contributed by atoms with van der Waals surface area (Å²) in [6.07, 6.45) is 7.98. The van der Waals surface area contributed by atoms with Crippen LogP contribution in [0.2, 0.25) is 0 Å². The molecular formula is C14H26N2O2. The van der Waals surface area contributed by atoms with Crippen LogP contribution in [0.25, 0.3) is 0 Å². The van der Waals surface area contributed by atoms with Crippen LogP contribution in [0.1, 0.15) is 45.4 Å². The molecule has 2 aliphatic rings. The Morgan fingerprint density at radius 1 is 1.39 bits per heavy atom. The number of rotatable bonds is 5. The molecule has 2 fully saturated rings. The van der Waals surface area contributed by atoms with Crippen LogP contribution in [0.4, 0.5) is 0 Å². The van der Waals surface area contributed by atoms with Crippen LogP contribution >= 0.6 is 0 Å². The molecule has 4 nitrogen and oxygen atoms in total. The van der Waals surface area contributed by atoms with Gasteiger partial charge >= 0.3 is 0 Å². The second kappa shape index (κ2) is 5.57. The van der Waals surface area contributed by atoms with Gasteiger partial charge in [-0.25, -0.2) is 0 Å². The summed E-state index contributed by atoms with van der Waals surface area (Å²) in [5.41, 5.74) is 6.54. The lowest BCUT2D eigenvalue weighted by Crippen LogP contribution is -2.47. The van der Waals surface area contributed by atoms with Gasteiger partial charge in [-0.3, -0.25) is 4.79 Å². The quantitative estimate of drug-likeness (QED) is 0.780. The number of likely N-dealkylation sites (N-methyl/N-ethyl adjacent to an activating group) is 1. The number of carbonyl (C=O) groups is 1. The van der Waals surface area contributed by atoms with Crippen molar-refractivity contribution in [1.82, 2.24) is 5.32 Å². The number of nitrogens with one attached hydrogen (secondary N) is 1. The largest absolute Gasteiger partial charge is 0.376 e. The van der Waals surface area contributed by atoms with Crippen molar-refractivity contribution in [2.75, 3.05) is 13.7 Å². The molecule has 2 rings (SSSR count). The lowest BCUT2D eigenvalue weighted by Gasteiger charge is -2.29. The molecule has 0 heterocycles. The molecule has 4 heteroatoms. The van der Waals surface area contributed by atoms with Crippen molar-refractivity contribution in [2.45, 2.75) is 57.6 Å². The van der Waals surface area contributed by atoms with Gasteiger partial charge < -0.3 is 15.8 Å². The maximum Gasteiger partial charge on any atom is 0.239 e. The van der Waals surface area contributed by atoms with Crippen LogP contribution in [0.5, 0.6) is 0 Å². The molecule has 0 aromatic carbocycles. The first-order valence-electron chi connectivity index (χ1n) is 7.15. The number of hydrogen-bond acceptors (Lipinski definition) is 3. The molecule has 1 amide bonds. The highest BCUT2D eigenvalue weighted by Gasteiger charge is 2.44. The minimum absolute atomic E-state index is 0.150. The van der Waals surface area contributed by atoms with Crippen molar-refractivity contribution in [3.05, 3.63) is 0 Å². The first-order valence-corrected chi connectivity index (χ1v) is 7.15. The molecule has 104 valence electrons. The van der Waals surface area contributed by atoms with E-state index < -0.39 is 6.04 Å². The maximum atomic E-state index is 11.4. The molecule has 18 heavy (non-hydrogen) atoms. The van der Waals surface area contributed by atoms with Crippen molar-refractivity contribution in [3.63, 3.8) is 0 Å². The predicted molar refractivity (Wildman–Crippen MR) is 71.1 cm³/mol. The molecule has 0 aliphatic heterocycles. The lowest BCUT2D eigenvalue weighted by molar-refractivity contribution is -0.125. The number of nitrogens with two attached hydrogens (primary N) is 1. The molecule has 0 radical (unpaired) electrons. The van der Waals surface area contributed by atoms with Gasteiger partial charge in [0.15, 0.2) is 0 Å². The summed E-state index contributed by atoms with van der Waals surface area (Å²) in [5.74, 6) is 0.513. The second-order valence-corrected chi connectivity index (χ2v) is 6.12. The third-order valence-corrected chi connectivity index (χ3v) is 4.77. The Morgan fingerprint density at radius 3 is 2.50 bits per heavy atom. The van der Waals surface area contributed by atoms with Crippen LogP contribution in [-0.4, -0.2) is 31.7 Å². The first kappa shape index (κ1) is 13.8. The highest BCUT2D eigenvalue weighted by Crippen LogP contribution is 2.57. The predicted octanol–water partition coefficient (Wildman–Crippen LogP) is 1.44. The number of carbonyl (C=O) groups excluding carboxylic acids is 1. The zero-order valence-electron chi connectivity index (χ0n) is 11.6. The highest BCUT2D eigenvalue weighted by atomic mass is 16.5. The van der Waals surface area contributed by atoms with E-state index in [1.807, 2.05) is 6.92 Å². The standard InChI is InChI=1S/C14H26N2O2/c1-10(12(15)13(17)16-2)18-9-11-3-5-14(6-4-11)7-8-14/h10-12H,3-9,15H2,1-2H3,(H,16,17)/t10-,12+/m1/s1. The van der Waals surface area contributed by atoms with Gasteiger partial charge in [0.25, 0.3) is 0 Å². The van der Waals surface area contributed by atoms with Crippen LogP contribution in [-0.2, 0) is 9.53 Å². The summed E-state index contributed by atoms with van der Waals surface area (Å²) in [6, 6.07) is -0.562. The zero-order valence-corrected chi connectivity index (χ0v) is 11.6. The van der Waals surface area contributed by atoms with Crippen molar-refractivity contribution >= 4 is 5.91 Å². The fourth-order valence-corrected chi connectivity index (χ4v) is 2.90. The molecule has 0 saturated heterocycles. The Hall–Kier alpha value is -0.610. The smallest absolute Gasteiger partial charge is 0.239 e. The summed E-state index contributed by atoms with van der Waals surface area (Å²) in [7, 11) is 1.60. The minimum atomic E-state index is -0.562. The third kappa shape index (κ3) is 3.23. The summed E-state index contributed by atoms with van der Waals surface area (Å²) >= 11 is 0. The number of hydrogen-bond donors (Lipinski definition) is 2. The SMILES string of the molecule is CNC(=O)[C@@H](N)[C@@H](C)OCC1CCC2(CC1)CC2. The average molecular weight is 254 g/mol. The molecule has 2 aliphatic carbocycles. The van der Waals surface area contributed by atoms with Crippen LogP contribution in [0.3, 0.4) is 0 Å². The second-order valence-electron chi connectivity index (χ2n) is 6.12. The van der Waals surface area contributed by atoms with Gasteiger partial charge in [-0.1, -0.05) is 0 Å². The lowest BCUT2D eigenvalue weighted by atomic mass is 9.80. The van der Waals surface area contributed by atoms with E-state index >= 15 is 0 Å². The first-order chi connectivity index (χ1) is 8.56. The fraction of sp³-hybridized carbons (Fsp3) is 0.929. The Balaban J connectivity index is 1.66. The molecule has 2 atom stereocenters. The van der Waals surface area contributed by atoms with Crippen molar-refractivity contribution < 1.29 is 9.53 Å². The monoisotopic (exact) mass is 254 g/mol.